The van der Waals surface area contributed by atoms with Crippen LogP contribution in [-0.4, -0.2) is 31.3 Å². The van der Waals surface area contributed by atoms with Crippen molar-refractivity contribution in [3.05, 3.63) is 42.7 Å². The zero-order valence-electron chi connectivity index (χ0n) is 12.5. The minimum absolute atomic E-state index is 0.132. The minimum atomic E-state index is -3.73. The summed E-state index contributed by atoms with van der Waals surface area (Å²) in [5, 5.41) is -1.14. The van der Waals surface area contributed by atoms with E-state index in [1.165, 1.54) is 24.5 Å². The highest BCUT2D eigenvalue weighted by Crippen LogP contribution is 2.22. The van der Waals surface area contributed by atoms with E-state index >= 15 is 0 Å². The van der Waals surface area contributed by atoms with Crippen molar-refractivity contribution in [2.24, 2.45) is 4.99 Å². The zero-order chi connectivity index (χ0) is 16.4. The van der Waals surface area contributed by atoms with Crippen LogP contribution in [0.5, 0.6) is 0 Å². The molecule has 0 aromatic heterocycles. The predicted octanol–water partition coefficient (Wildman–Crippen LogP) is 2.71. The number of amides is 1. The van der Waals surface area contributed by atoms with Gasteiger partial charge in [0.2, 0.25) is 5.90 Å². The molecule has 1 aliphatic heterocycles. The van der Waals surface area contributed by atoms with Crippen LogP contribution in [0.2, 0.25) is 0 Å². The van der Waals surface area contributed by atoms with Gasteiger partial charge in [0.15, 0.2) is 15.1 Å². The number of nitrogens with zero attached hydrogens (tertiary/aromatic N) is 1. The number of hydrogen-bond acceptors (Lipinski definition) is 5. The average Bonchev–Trinajstić information content (AvgIpc) is 2.86. The van der Waals surface area contributed by atoms with E-state index in [0.717, 1.165) is 0 Å². The molecule has 118 valence electrons. The normalized spacial score (nSPS) is 20.0. The molecule has 0 spiro atoms. The molecule has 1 atom stereocenters. The van der Waals surface area contributed by atoms with Gasteiger partial charge < -0.3 is 9.47 Å². The van der Waals surface area contributed by atoms with Gasteiger partial charge in [-0.15, -0.1) is 4.99 Å². The van der Waals surface area contributed by atoms with Crippen molar-refractivity contribution in [1.82, 2.24) is 0 Å². The summed E-state index contributed by atoms with van der Waals surface area (Å²) >= 11 is 0. The quantitative estimate of drug-likeness (QED) is 0.835. The molecule has 1 aromatic carbocycles. The number of carbonyl (C=O) groups excluding carboxylic acids is 1. The molecular weight excluding hydrogens is 306 g/mol. The van der Waals surface area contributed by atoms with Gasteiger partial charge in [0.1, 0.15) is 5.60 Å². The summed E-state index contributed by atoms with van der Waals surface area (Å²) in [6.07, 6.45) is 1.65. The van der Waals surface area contributed by atoms with Gasteiger partial charge in [0.05, 0.1) is 11.2 Å². The number of ether oxygens (including phenoxy) is 2. The third-order valence-electron chi connectivity index (χ3n) is 2.69. The predicted molar refractivity (Wildman–Crippen MR) is 81.3 cm³/mol. The lowest BCUT2D eigenvalue weighted by atomic mass is 10.2. The molecule has 22 heavy (non-hydrogen) atoms. The van der Waals surface area contributed by atoms with Gasteiger partial charge in [-0.25, -0.2) is 13.2 Å². The van der Waals surface area contributed by atoms with E-state index in [2.05, 4.69) is 4.99 Å². The SMILES string of the molecule is CC(C)(C)OC(=O)N=C1OC=CC1S(=O)(=O)c1ccccc1. The Hall–Kier alpha value is -2.15. The van der Waals surface area contributed by atoms with E-state index in [0.29, 0.717) is 0 Å². The topological polar surface area (TPSA) is 82.0 Å². The number of aliphatic imine (C=N–C) groups is 1. The van der Waals surface area contributed by atoms with Crippen molar-refractivity contribution in [3.8, 4) is 0 Å². The Kier molecular flexibility index (Phi) is 4.37. The highest BCUT2D eigenvalue weighted by atomic mass is 32.2. The Balaban J connectivity index is 2.28. The summed E-state index contributed by atoms with van der Waals surface area (Å²) in [4.78, 5) is 15.5. The summed E-state index contributed by atoms with van der Waals surface area (Å²) in [5.74, 6) is -0.210. The molecule has 0 radical (unpaired) electrons. The fourth-order valence-electron chi connectivity index (χ4n) is 1.79. The Morgan fingerprint density at radius 2 is 1.86 bits per heavy atom. The highest BCUT2D eigenvalue weighted by molar-refractivity contribution is 7.93. The van der Waals surface area contributed by atoms with Crippen LogP contribution in [0.4, 0.5) is 4.79 Å². The van der Waals surface area contributed by atoms with Crippen LogP contribution in [-0.2, 0) is 19.3 Å². The maximum Gasteiger partial charge on any atom is 0.437 e. The second-order valence-electron chi connectivity index (χ2n) is 5.66. The van der Waals surface area contributed by atoms with Crippen LogP contribution in [0.25, 0.3) is 0 Å². The summed E-state index contributed by atoms with van der Waals surface area (Å²) in [6.45, 7) is 5.07. The molecule has 1 unspecified atom stereocenters. The van der Waals surface area contributed by atoms with Crippen molar-refractivity contribution in [3.63, 3.8) is 0 Å². The Morgan fingerprint density at radius 3 is 2.45 bits per heavy atom. The first kappa shape index (κ1) is 16.2. The number of carbonyl (C=O) groups is 1. The van der Waals surface area contributed by atoms with Crippen LogP contribution in [0, 0.1) is 0 Å². The van der Waals surface area contributed by atoms with Crippen molar-refractivity contribution in [1.29, 1.82) is 0 Å². The molecule has 0 fully saturated rings. The molecule has 6 nitrogen and oxygen atoms in total. The first-order chi connectivity index (χ1) is 10.2. The molecule has 0 saturated carbocycles. The van der Waals surface area contributed by atoms with Crippen LogP contribution < -0.4 is 0 Å². The standard InChI is InChI=1S/C15H17NO5S/c1-15(2,3)21-14(17)16-13-12(9-10-20-13)22(18,19)11-7-5-4-6-8-11/h4-10,12H,1-3H3. The largest absolute Gasteiger partial charge is 0.449 e. The van der Waals surface area contributed by atoms with Gasteiger partial charge in [0, 0.05) is 0 Å². The van der Waals surface area contributed by atoms with Crippen LogP contribution in [0.3, 0.4) is 0 Å². The number of rotatable bonds is 2. The summed E-state index contributed by atoms with van der Waals surface area (Å²) < 4.78 is 35.2. The van der Waals surface area contributed by atoms with Gasteiger partial charge in [-0.2, -0.15) is 0 Å². The molecule has 0 bridgehead atoms. The highest BCUT2D eigenvalue weighted by Gasteiger charge is 2.35. The first-order valence-corrected chi connectivity index (χ1v) is 8.18. The van der Waals surface area contributed by atoms with E-state index in [4.69, 9.17) is 9.47 Å². The van der Waals surface area contributed by atoms with Crippen molar-refractivity contribution in [2.45, 2.75) is 36.5 Å². The van der Waals surface area contributed by atoms with Gasteiger partial charge in [-0.05, 0) is 39.0 Å². The summed E-state index contributed by atoms with van der Waals surface area (Å²) in [5.41, 5.74) is -0.721. The molecule has 7 heteroatoms. The first-order valence-electron chi connectivity index (χ1n) is 6.64. The Bertz CT molecular complexity index is 714. The van der Waals surface area contributed by atoms with Crippen LogP contribution >= 0.6 is 0 Å². The summed E-state index contributed by atoms with van der Waals surface area (Å²) in [6, 6.07) is 7.92. The molecule has 0 N–H and O–H groups in total. The molecule has 2 rings (SSSR count). The molecule has 1 amide bonds. The van der Waals surface area contributed by atoms with Crippen LogP contribution in [0.15, 0.2) is 52.6 Å². The molecule has 1 aliphatic rings. The van der Waals surface area contributed by atoms with E-state index < -0.39 is 26.8 Å². The van der Waals surface area contributed by atoms with Crippen molar-refractivity contribution in [2.75, 3.05) is 0 Å². The molecule has 1 aromatic rings. The fraction of sp³-hybridized carbons (Fsp3) is 0.333. The fourth-order valence-corrected chi connectivity index (χ4v) is 3.26. The van der Waals surface area contributed by atoms with E-state index in [1.54, 1.807) is 39.0 Å². The van der Waals surface area contributed by atoms with Gasteiger partial charge in [-0.3, -0.25) is 0 Å². The minimum Gasteiger partial charge on any atom is -0.449 e. The van der Waals surface area contributed by atoms with Gasteiger partial charge in [0.25, 0.3) is 0 Å². The van der Waals surface area contributed by atoms with E-state index in [-0.39, 0.29) is 10.8 Å². The average molecular weight is 323 g/mol. The third-order valence-corrected chi connectivity index (χ3v) is 4.64. The molecule has 1 heterocycles. The number of benzene rings is 1. The molecule has 0 aliphatic carbocycles. The number of hydrogen-bond donors (Lipinski definition) is 0. The maximum absolute atomic E-state index is 12.5. The maximum atomic E-state index is 12.5. The zero-order valence-corrected chi connectivity index (χ0v) is 13.3. The lowest BCUT2D eigenvalue weighted by Gasteiger charge is -2.17. The summed E-state index contributed by atoms with van der Waals surface area (Å²) in [7, 11) is -3.73. The van der Waals surface area contributed by atoms with E-state index in [1.807, 2.05) is 0 Å². The smallest absolute Gasteiger partial charge is 0.437 e. The van der Waals surface area contributed by atoms with Gasteiger partial charge in [-0.1, -0.05) is 18.2 Å². The van der Waals surface area contributed by atoms with E-state index in [9.17, 15) is 13.2 Å². The monoisotopic (exact) mass is 323 g/mol. The van der Waals surface area contributed by atoms with Crippen LogP contribution in [0.1, 0.15) is 20.8 Å². The van der Waals surface area contributed by atoms with Crippen molar-refractivity contribution < 1.29 is 22.7 Å². The van der Waals surface area contributed by atoms with Gasteiger partial charge >= 0.3 is 6.09 Å². The third kappa shape index (κ3) is 3.73. The Morgan fingerprint density at radius 1 is 1.23 bits per heavy atom. The lowest BCUT2D eigenvalue weighted by Crippen LogP contribution is -2.28. The second-order valence-corrected chi connectivity index (χ2v) is 7.72. The number of sulfone groups is 1. The molecular formula is C15H17NO5S. The van der Waals surface area contributed by atoms with Crippen molar-refractivity contribution >= 4 is 21.8 Å². The Labute approximate surface area is 129 Å². The lowest BCUT2D eigenvalue weighted by molar-refractivity contribution is 0.0601. The molecule has 0 saturated heterocycles. The second kappa shape index (κ2) is 5.92.